The molecule has 7 heteroatoms. The zero-order valence-electron chi connectivity index (χ0n) is 18.7. The van der Waals surface area contributed by atoms with Crippen LogP contribution < -0.4 is 9.64 Å². The van der Waals surface area contributed by atoms with E-state index in [1.54, 1.807) is 6.34 Å². The van der Waals surface area contributed by atoms with Crippen molar-refractivity contribution in [2.24, 2.45) is 28.0 Å². The maximum atomic E-state index is 11.8. The van der Waals surface area contributed by atoms with Crippen molar-refractivity contribution in [3.63, 3.8) is 0 Å². The number of anilines is 1. The molecule has 1 saturated heterocycles. The van der Waals surface area contributed by atoms with Crippen LogP contribution in [0.3, 0.4) is 0 Å². The quantitative estimate of drug-likeness (QED) is 0.640. The first kappa shape index (κ1) is 21.7. The molecule has 0 aromatic heterocycles. The van der Waals surface area contributed by atoms with Gasteiger partial charge in [-0.05, 0) is 81.5 Å². The third-order valence-corrected chi connectivity index (χ3v) is 6.79. The molecule has 0 radical (unpaired) electrons. The number of nitrogens with zero attached hydrogens (tertiary/aromatic N) is 4. The highest BCUT2D eigenvalue weighted by Crippen LogP contribution is 2.49. The van der Waals surface area contributed by atoms with Crippen LogP contribution >= 0.6 is 0 Å². The number of hydrogen-bond acceptors (Lipinski definition) is 6. The van der Waals surface area contributed by atoms with Crippen molar-refractivity contribution < 1.29 is 14.3 Å². The van der Waals surface area contributed by atoms with Gasteiger partial charge < -0.3 is 19.3 Å². The van der Waals surface area contributed by atoms with Gasteiger partial charge in [-0.3, -0.25) is 0 Å². The minimum Gasteiger partial charge on any atom is -0.494 e. The van der Waals surface area contributed by atoms with Gasteiger partial charge in [-0.2, -0.15) is 5.10 Å². The fourth-order valence-corrected chi connectivity index (χ4v) is 4.83. The fourth-order valence-electron chi connectivity index (χ4n) is 4.83. The van der Waals surface area contributed by atoms with E-state index in [9.17, 15) is 4.79 Å². The second-order valence-electron chi connectivity index (χ2n) is 8.84. The molecule has 0 N–H and O–H groups in total. The van der Waals surface area contributed by atoms with E-state index in [1.165, 1.54) is 6.42 Å². The number of benzene rings is 1. The van der Waals surface area contributed by atoms with Crippen molar-refractivity contribution in [3.05, 3.63) is 24.3 Å². The topological polar surface area (TPSA) is 66.7 Å². The Morgan fingerprint density at radius 2 is 1.94 bits per heavy atom. The van der Waals surface area contributed by atoms with E-state index in [0.717, 1.165) is 74.6 Å². The molecule has 1 amide bonds. The molecule has 2 heterocycles. The molecule has 1 aromatic carbocycles. The molecule has 1 aromatic rings. The molecule has 4 rings (SSSR count). The number of hydrogen-bond donors (Lipinski definition) is 0. The second-order valence-corrected chi connectivity index (χ2v) is 8.84. The molecule has 2 fully saturated rings. The minimum atomic E-state index is -0.154. The number of likely N-dealkylation sites (tertiary alicyclic amines) is 1. The number of carbonyl (C=O) groups is 1. The maximum Gasteiger partial charge on any atom is 0.409 e. The summed E-state index contributed by atoms with van der Waals surface area (Å²) in [7, 11) is 0. The Balaban J connectivity index is 1.16. The molecule has 1 saturated carbocycles. The lowest BCUT2D eigenvalue weighted by atomic mass is 9.91. The zero-order valence-corrected chi connectivity index (χ0v) is 18.7. The van der Waals surface area contributed by atoms with Gasteiger partial charge in [-0.25, -0.2) is 4.79 Å². The molecule has 0 spiro atoms. The van der Waals surface area contributed by atoms with Crippen LogP contribution in [-0.4, -0.2) is 55.9 Å². The van der Waals surface area contributed by atoms with Crippen LogP contribution in [0.25, 0.3) is 0 Å². The molecule has 3 atom stereocenters. The summed E-state index contributed by atoms with van der Waals surface area (Å²) in [5, 5.41) is 8.05. The van der Waals surface area contributed by atoms with Crippen LogP contribution in [0.5, 0.6) is 5.75 Å². The van der Waals surface area contributed by atoms with Gasteiger partial charge in [-0.15, -0.1) is 5.10 Å². The Bertz CT molecular complexity index is 787. The monoisotopic (exact) mass is 426 g/mol. The highest BCUT2D eigenvalue weighted by molar-refractivity contribution is 5.82. The Kier molecular flexibility index (Phi) is 7.10. The van der Waals surface area contributed by atoms with Crippen LogP contribution in [0.15, 0.2) is 34.5 Å². The van der Waals surface area contributed by atoms with Crippen molar-refractivity contribution >= 4 is 24.3 Å². The molecule has 168 valence electrons. The summed E-state index contributed by atoms with van der Waals surface area (Å²) in [5.41, 5.74) is 1.10. The van der Waals surface area contributed by atoms with Crippen LogP contribution in [0.4, 0.5) is 10.5 Å². The average Bonchev–Trinajstić information content (AvgIpc) is 3.59. The fraction of sp³-hybridized carbons (Fsp3) is 0.625. The first-order chi connectivity index (χ1) is 15.2. The van der Waals surface area contributed by atoms with Gasteiger partial charge in [0.1, 0.15) is 12.1 Å². The van der Waals surface area contributed by atoms with Gasteiger partial charge >= 0.3 is 6.09 Å². The molecule has 3 aliphatic rings. The summed E-state index contributed by atoms with van der Waals surface area (Å²) in [4.78, 5) is 15.8. The number of amides is 1. The average molecular weight is 427 g/mol. The summed E-state index contributed by atoms with van der Waals surface area (Å²) in [6.07, 6.45) is 8.98. The summed E-state index contributed by atoms with van der Waals surface area (Å²) in [5.74, 6) is 3.24. The largest absolute Gasteiger partial charge is 0.494 e. The minimum absolute atomic E-state index is 0.154. The van der Waals surface area contributed by atoms with Crippen LogP contribution in [0.2, 0.25) is 0 Å². The van der Waals surface area contributed by atoms with Crippen molar-refractivity contribution in [1.29, 1.82) is 0 Å². The Morgan fingerprint density at radius 3 is 2.68 bits per heavy atom. The van der Waals surface area contributed by atoms with Crippen molar-refractivity contribution in [1.82, 2.24) is 4.90 Å². The molecule has 7 nitrogen and oxygen atoms in total. The number of ether oxygens (including phenoxy) is 2. The Morgan fingerprint density at radius 1 is 1.16 bits per heavy atom. The molecule has 31 heavy (non-hydrogen) atoms. The lowest BCUT2D eigenvalue weighted by Crippen LogP contribution is -2.39. The summed E-state index contributed by atoms with van der Waals surface area (Å²) < 4.78 is 11.1. The molecular weight excluding hydrogens is 392 g/mol. The van der Waals surface area contributed by atoms with Crippen LogP contribution in [-0.2, 0) is 4.74 Å². The number of piperidine rings is 1. The summed E-state index contributed by atoms with van der Waals surface area (Å²) in [6.45, 7) is 6.91. The predicted octanol–water partition coefficient (Wildman–Crippen LogP) is 4.57. The summed E-state index contributed by atoms with van der Waals surface area (Å²) in [6, 6.07) is 8.58. The highest BCUT2D eigenvalue weighted by Gasteiger charge is 2.43. The SMILES string of the molecule is CCOC(=O)N1CCC(C2CC2CCOc2ccc(N3C=NN=CCC3C)cc2)CC1. The highest BCUT2D eigenvalue weighted by atomic mass is 16.6. The third kappa shape index (κ3) is 5.57. The van der Waals surface area contributed by atoms with Crippen molar-refractivity contribution in [3.8, 4) is 5.75 Å². The van der Waals surface area contributed by atoms with E-state index in [4.69, 9.17) is 9.47 Å². The van der Waals surface area contributed by atoms with E-state index in [0.29, 0.717) is 12.6 Å². The van der Waals surface area contributed by atoms with Crippen LogP contribution in [0, 0.1) is 17.8 Å². The zero-order chi connectivity index (χ0) is 21.6. The molecule has 3 unspecified atom stereocenters. The predicted molar refractivity (Wildman–Crippen MR) is 123 cm³/mol. The standard InChI is InChI=1S/C24H34N4O3/c1-3-30-24(29)27-13-9-19(10-14-27)23-16-20(23)11-15-31-22-6-4-21(5-7-22)28-17-26-25-12-8-18(28)2/h4-7,12,17-20,23H,3,8-11,13-16H2,1-2H3. The molecular formula is C24H34N4O3. The van der Waals surface area contributed by atoms with E-state index in [-0.39, 0.29) is 6.09 Å². The van der Waals surface area contributed by atoms with E-state index in [2.05, 4.69) is 34.2 Å². The normalized spacial score (nSPS) is 25.9. The van der Waals surface area contributed by atoms with E-state index >= 15 is 0 Å². The van der Waals surface area contributed by atoms with Gasteiger partial charge in [0.15, 0.2) is 0 Å². The van der Waals surface area contributed by atoms with Gasteiger partial charge in [-0.1, -0.05) is 0 Å². The van der Waals surface area contributed by atoms with Crippen molar-refractivity contribution in [2.75, 3.05) is 31.2 Å². The van der Waals surface area contributed by atoms with Gasteiger partial charge in [0.05, 0.1) is 13.2 Å². The maximum absolute atomic E-state index is 11.8. The van der Waals surface area contributed by atoms with Crippen molar-refractivity contribution in [2.45, 2.75) is 52.0 Å². The van der Waals surface area contributed by atoms with E-state index in [1.807, 2.05) is 30.2 Å². The molecule has 2 aliphatic heterocycles. The third-order valence-electron chi connectivity index (χ3n) is 6.79. The molecule has 1 aliphatic carbocycles. The first-order valence-corrected chi connectivity index (χ1v) is 11.6. The Hall–Kier alpha value is -2.57. The van der Waals surface area contributed by atoms with E-state index < -0.39 is 0 Å². The first-order valence-electron chi connectivity index (χ1n) is 11.6. The smallest absolute Gasteiger partial charge is 0.409 e. The number of carbonyl (C=O) groups excluding carboxylic acids is 1. The van der Waals surface area contributed by atoms with Crippen LogP contribution in [0.1, 0.15) is 46.0 Å². The lowest BCUT2D eigenvalue weighted by molar-refractivity contribution is 0.0887. The van der Waals surface area contributed by atoms with Gasteiger partial charge in [0, 0.05) is 37.5 Å². The van der Waals surface area contributed by atoms with Gasteiger partial charge in [0.2, 0.25) is 0 Å². The Labute approximate surface area is 185 Å². The second kappa shape index (κ2) is 10.2. The number of rotatable bonds is 7. The lowest BCUT2D eigenvalue weighted by Gasteiger charge is -2.31. The van der Waals surface area contributed by atoms with Gasteiger partial charge in [0.25, 0.3) is 0 Å². The summed E-state index contributed by atoms with van der Waals surface area (Å²) >= 11 is 0. The molecule has 0 bridgehead atoms.